The van der Waals surface area contributed by atoms with Crippen LogP contribution in [0.4, 0.5) is 5.82 Å². The first-order chi connectivity index (χ1) is 19.3. The molecule has 2 aromatic heterocycles. The van der Waals surface area contributed by atoms with Gasteiger partial charge in [0.25, 0.3) is 0 Å². The van der Waals surface area contributed by atoms with Crippen LogP contribution in [0.15, 0.2) is 48.7 Å². The summed E-state index contributed by atoms with van der Waals surface area (Å²) in [5.41, 5.74) is 2.57. The third-order valence-electron chi connectivity index (χ3n) is 7.58. The van der Waals surface area contributed by atoms with Gasteiger partial charge in [-0.05, 0) is 93.8 Å². The number of aliphatic carboxylic acids is 1. The Kier molecular flexibility index (Phi) is 9.42. The summed E-state index contributed by atoms with van der Waals surface area (Å²) in [7, 11) is 2.15. The quantitative estimate of drug-likeness (QED) is 0.342. The number of rotatable bonds is 8. The Hall–Kier alpha value is -2.91. The number of carboxylic acid groups (broad SMARTS) is 1. The molecule has 8 nitrogen and oxygen atoms in total. The maximum absolute atomic E-state index is 11.1. The summed E-state index contributed by atoms with van der Waals surface area (Å²) in [5, 5.41) is 10.2. The predicted molar refractivity (Wildman–Crippen MR) is 159 cm³/mol. The van der Waals surface area contributed by atoms with E-state index in [1.807, 2.05) is 36.4 Å². The smallest absolute Gasteiger partial charge is 0.303 e. The van der Waals surface area contributed by atoms with Gasteiger partial charge >= 0.3 is 5.97 Å². The SMILES string of the molecule is CN1CCCN(c2ccc(Oc3cc(CN4CCC(CC(=O)O)CC4)cc(-c4cc(Cl)cc(Cl)c4)n3)cn2)CC1. The number of hydrogen-bond acceptors (Lipinski definition) is 7. The van der Waals surface area contributed by atoms with Crippen molar-refractivity contribution in [3.63, 3.8) is 0 Å². The summed E-state index contributed by atoms with van der Waals surface area (Å²) in [4.78, 5) is 27.6. The molecule has 40 heavy (non-hydrogen) atoms. The number of benzene rings is 1. The highest BCUT2D eigenvalue weighted by atomic mass is 35.5. The van der Waals surface area contributed by atoms with Gasteiger partial charge < -0.3 is 19.6 Å². The van der Waals surface area contributed by atoms with Crippen molar-refractivity contribution >= 4 is 35.0 Å². The molecule has 3 aromatic rings. The van der Waals surface area contributed by atoms with Crippen LogP contribution in [0.1, 0.15) is 31.2 Å². The molecular weight excluding hydrogens is 549 g/mol. The van der Waals surface area contributed by atoms with E-state index in [-0.39, 0.29) is 12.3 Å². The minimum atomic E-state index is -0.722. The fourth-order valence-corrected chi connectivity index (χ4v) is 5.95. The lowest BCUT2D eigenvalue weighted by atomic mass is 9.93. The first-order valence-corrected chi connectivity index (χ1v) is 14.6. The number of likely N-dealkylation sites (N-methyl/N-ethyl adjacent to an activating group) is 1. The highest BCUT2D eigenvalue weighted by Gasteiger charge is 2.22. The average Bonchev–Trinajstić information content (AvgIpc) is 3.14. The molecule has 4 heterocycles. The number of pyridine rings is 2. The molecule has 2 saturated heterocycles. The molecule has 0 bridgehead atoms. The minimum absolute atomic E-state index is 0.236. The van der Waals surface area contributed by atoms with Gasteiger partial charge in [-0.2, -0.15) is 0 Å². The van der Waals surface area contributed by atoms with Crippen LogP contribution in [0.2, 0.25) is 10.0 Å². The Bertz CT molecular complexity index is 1290. The Balaban J connectivity index is 1.34. The van der Waals surface area contributed by atoms with Crippen LogP contribution in [0.3, 0.4) is 0 Å². The number of carboxylic acids is 1. The van der Waals surface area contributed by atoms with E-state index in [0.717, 1.165) is 81.2 Å². The number of aromatic nitrogens is 2. The zero-order valence-corrected chi connectivity index (χ0v) is 24.2. The van der Waals surface area contributed by atoms with Gasteiger partial charge in [0, 0.05) is 54.3 Å². The van der Waals surface area contributed by atoms with Gasteiger partial charge in [0.2, 0.25) is 5.88 Å². The molecular formula is C30H35Cl2N5O3. The molecule has 1 N–H and O–H groups in total. The van der Waals surface area contributed by atoms with Crippen LogP contribution in [0, 0.1) is 5.92 Å². The van der Waals surface area contributed by atoms with E-state index in [9.17, 15) is 4.79 Å². The number of ether oxygens (including phenoxy) is 1. The fourth-order valence-electron chi connectivity index (χ4n) is 5.42. The molecule has 2 fully saturated rings. The maximum Gasteiger partial charge on any atom is 0.303 e. The molecule has 1 aromatic carbocycles. The van der Waals surface area contributed by atoms with E-state index in [1.54, 1.807) is 12.3 Å². The van der Waals surface area contributed by atoms with Crippen molar-refractivity contribution in [1.82, 2.24) is 19.8 Å². The van der Waals surface area contributed by atoms with Gasteiger partial charge in [0.05, 0.1) is 11.9 Å². The molecule has 0 radical (unpaired) electrons. The monoisotopic (exact) mass is 583 g/mol. The topological polar surface area (TPSA) is 82.0 Å². The number of carbonyl (C=O) groups is 1. The van der Waals surface area contributed by atoms with E-state index in [0.29, 0.717) is 28.2 Å². The molecule has 2 aliphatic heterocycles. The molecule has 10 heteroatoms. The molecule has 0 saturated carbocycles. The van der Waals surface area contributed by atoms with Gasteiger partial charge in [-0.3, -0.25) is 9.69 Å². The number of piperidine rings is 1. The lowest BCUT2D eigenvalue weighted by Crippen LogP contribution is -2.33. The van der Waals surface area contributed by atoms with Crippen LogP contribution in [-0.4, -0.2) is 77.2 Å². The van der Waals surface area contributed by atoms with Crippen LogP contribution < -0.4 is 9.64 Å². The maximum atomic E-state index is 11.1. The summed E-state index contributed by atoms with van der Waals surface area (Å²) in [5.74, 6) is 1.55. The average molecular weight is 585 g/mol. The van der Waals surface area contributed by atoms with E-state index < -0.39 is 5.97 Å². The lowest BCUT2D eigenvalue weighted by molar-refractivity contribution is -0.138. The largest absolute Gasteiger partial charge is 0.481 e. The molecule has 0 unspecified atom stereocenters. The molecule has 0 amide bonds. The van der Waals surface area contributed by atoms with E-state index >= 15 is 0 Å². The van der Waals surface area contributed by atoms with E-state index in [2.05, 4.69) is 26.7 Å². The summed E-state index contributed by atoms with van der Waals surface area (Å²) in [6.45, 7) is 6.47. The van der Waals surface area contributed by atoms with Gasteiger partial charge in [-0.1, -0.05) is 23.2 Å². The fraction of sp³-hybridized carbons (Fsp3) is 0.433. The van der Waals surface area contributed by atoms with Gasteiger partial charge in [-0.15, -0.1) is 0 Å². The Morgan fingerprint density at radius 3 is 2.48 bits per heavy atom. The third kappa shape index (κ3) is 7.85. The second kappa shape index (κ2) is 13.2. The first kappa shape index (κ1) is 28.6. The number of likely N-dealkylation sites (tertiary alicyclic amines) is 1. The van der Waals surface area contributed by atoms with Gasteiger partial charge in [0.1, 0.15) is 11.6 Å². The number of hydrogen-bond donors (Lipinski definition) is 1. The molecule has 0 atom stereocenters. The highest BCUT2D eigenvalue weighted by Crippen LogP contribution is 2.31. The van der Waals surface area contributed by atoms with E-state index in [1.165, 1.54) is 0 Å². The normalized spacial score (nSPS) is 17.5. The second-order valence-electron chi connectivity index (χ2n) is 10.8. The van der Waals surface area contributed by atoms with Gasteiger partial charge in [-0.25, -0.2) is 9.97 Å². The summed E-state index contributed by atoms with van der Waals surface area (Å²) in [6.07, 6.45) is 4.86. The molecule has 0 aliphatic carbocycles. The summed E-state index contributed by atoms with van der Waals surface area (Å²) < 4.78 is 6.23. The Labute approximate surface area is 245 Å². The van der Waals surface area contributed by atoms with Crippen molar-refractivity contribution in [1.29, 1.82) is 0 Å². The zero-order valence-electron chi connectivity index (χ0n) is 22.7. The molecule has 0 spiro atoms. The Morgan fingerprint density at radius 2 is 1.77 bits per heavy atom. The lowest BCUT2D eigenvalue weighted by Gasteiger charge is -2.31. The van der Waals surface area contributed by atoms with Crippen molar-refractivity contribution in [3.8, 4) is 22.9 Å². The predicted octanol–water partition coefficient (Wildman–Crippen LogP) is 6.07. The number of anilines is 1. The van der Waals surface area contributed by atoms with Crippen molar-refractivity contribution in [3.05, 3.63) is 64.3 Å². The minimum Gasteiger partial charge on any atom is -0.481 e. The van der Waals surface area contributed by atoms with Crippen molar-refractivity contribution in [2.24, 2.45) is 5.92 Å². The van der Waals surface area contributed by atoms with Crippen LogP contribution in [-0.2, 0) is 11.3 Å². The zero-order chi connectivity index (χ0) is 28.1. The standard InChI is InChI=1S/C30H35Cl2N5O3/c1-35-7-2-8-37(12-11-35)28-4-3-26(19-33-28)40-29-14-22(20-36-9-5-21(6-10-36)15-30(38)39)13-27(34-29)23-16-24(31)18-25(32)17-23/h3-4,13-14,16-19,21H,2,5-12,15,20H2,1H3,(H,38,39). The summed E-state index contributed by atoms with van der Waals surface area (Å²) in [6, 6.07) is 13.3. The van der Waals surface area contributed by atoms with Crippen molar-refractivity contribution in [2.45, 2.75) is 32.2 Å². The number of nitrogens with zero attached hydrogens (tertiary/aromatic N) is 5. The first-order valence-electron chi connectivity index (χ1n) is 13.8. The van der Waals surface area contributed by atoms with Crippen LogP contribution in [0.5, 0.6) is 11.6 Å². The molecule has 5 rings (SSSR count). The Morgan fingerprint density at radius 1 is 1.00 bits per heavy atom. The van der Waals surface area contributed by atoms with E-state index in [4.69, 9.17) is 38.0 Å². The highest BCUT2D eigenvalue weighted by molar-refractivity contribution is 6.35. The molecule has 2 aliphatic rings. The second-order valence-corrected chi connectivity index (χ2v) is 11.6. The third-order valence-corrected chi connectivity index (χ3v) is 8.02. The molecule has 212 valence electrons. The van der Waals surface area contributed by atoms with Crippen LogP contribution >= 0.6 is 23.2 Å². The van der Waals surface area contributed by atoms with Crippen molar-refractivity contribution in [2.75, 3.05) is 51.2 Å². The summed E-state index contributed by atoms with van der Waals surface area (Å²) >= 11 is 12.6. The number of halogens is 2. The van der Waals surface area contributed by atoms with Gasteiger partial charge in [0.15, 0.2) is 0 Å². The van der Waals surface area contributed by atoms with Crippen LogP contribution in [0.25, 0.3) is 11.3 Å². The van der Waals surface area contributed by atoms with Crippen molar-refractivity contribution < 1.29 is 14.6 Å².